The number of hydrogen-bond acceptors (Lipinski definition) is 5. The zero-order valence-electron chi connectivity index (χ0n) is 7.29. The van der Waals surface area contributed by atoms with Crippen molar-refractivity contribution < 1.29 is 15.3 Å². The van der Waals surface area contributed by atoms with E-state index in [9.17, 15) is 0 Å². The van der Waals surface area contributed by atoms with Crippen LogP contribution in [0, 0.1) is 0 Å². The van der Waals surface area contributed by atoms with Crippen LogP contribution in [0.1, 0.15) is 0 Å². The van der Waals surface area contributed by atoms with Crippen molar-refractivity contribution in [2.45, 2.75) is 5.54 Å². The van der Waals surface area contributed by atoms with Crippen LogP contribution < -0.4 is 5.32 Å². The molecular weight excluding hydrogens is 178 g/mol. The predicted octanol–water partition coefficient (Wildman–Crippen LogP) is -1.35. The number of hydrogen-bond donors (Lipinski definition) is 4. The van der Waals surface area contributed by atoms with Crippen LogP contribution in [0.3, 0.4) is 0 Å². The highest BCUT2D eigenvalue weighted by molar-refractivity contribution is 7.98. The van der Waals surface area contributed by atoms with E-state index in [-0.39, 0.29) is 19.8 Å². The van der Waals surface area contributed by atoms with Crippen molar-refractivity contribution in [1.82, 2.24) is 5.32 Å². The number of thioether (sulfide) groups is 1. The van der Waals surface area contributed by atoms with Crippen molar-refractivity contribution >= 4 is 11.8 Å². The van der Waals surface area contributed by atoms with Crippen molar-refractivity contribution in [1.29, 1.82) is 0 Å². The molecule has 0 atom stereocenters. The maximum Gasteiger partial charge on any atom is 0.0881 e. The molecule has 0 heterocycles. The largest absolute Gasteiger partial charge is 0.394 e. The Morgan fingerprint density at radius 1 is 1.17 bits per heavy atom. The van der Waals surface area contributed by atoms with Gasteiger partial charge in [-0.25, -0.2) is 0 Å². The Morgan fingerprint density at radius 2 is 1.67 bits per heavy atom. The van der Waals surface area contributed by atoms with E-state index < -0.39 is 5.54 Å². The van der Waals surface area contributed by atoms with E-state index in [0.717, 1.165) is 5.75 Å². The summed E-state index contributed by atoms with van der Waals surface area (Å²) in [5.74, 6) is 0.891. The summed E-state index contributed by atoms with van der Waals surface area (Å²) in [5, 5.41) is 29.6. The highest BCUT2D eigenvalue weighted by atomic mass is 32.2. The minimum Gasteiger partial charge on any atom is -0.394 e. The van der Waals surface area contributed by atoms with Crippen LogP contribution in [-0.2, 0) is 0 Å². The lowest BCUT2D eigenvalue weighted by Crippen LogP contribution is -2.55. The molecule has 0 unspecified atom stereocenters. The standard InChI is InChI=1S/C7H17NO3S/c1-12-3-2-8-7(4-9,5-10)6-11/h8-11H,2-6H2,1H3. The van der Waals surface area contributed by atoms with E-state index in [4.69, 9.17) is 15.3 Å². The molecule has 0 aromatic carbocycles. The van der Waals surface area contributed by atoms with Crippen LogP contribution in [0.25, 0.3) is 0 Å². The molecule has 0 aromatic rings. The van der Waals surface area contributed by atoms with Crippen LogP contribution >= 0.6 is 11.8 Å². The van der Waals surface area contributed by atoms with Gasteiger partial charge in [-0.05, 0) is 6.26 Å². The summed E-state index contributed by atoms with van der Waals surface area (Å²) in [6.07, 6.45) is 1.97. The van der Waals surface area contributed by atoms with Crippen molar-refractivity contribution in [3.8, 4) is 0 Å². The minimum absolute atomic E-state index is 0.256. The molecular formula is C7H17NO3S. The van der Waals surface area contributed by atoms with Gasteiger partial charge in [0.25, 0.3) is 0 Å². The van der Waals surface area contributed by atoms with Gasteiger partial charge < -0.3 is 20.6 Å². The Labute approximate surface area is 77.0 Å². The Kier molecular flexibility index (Phi) is 6.78. The molecule has 12 heavy (non-hydrogen) atoms. The molecule has 0 radical (unpaired) electrons. The lowest BCUT2D eigenvalue weighted by Gasteiger charge is -2.28. The normalized spacial score (nSPS) is 12.0. The Bertz CT molecular complexity index is 101. The third-order valence-corrected chi connectivity index (χ3v) is 2.33. The lowest BCUT2D eigenvalue weighted by atomic mass is 10.0. The summed E-state index contributed by atoms with van der Waals surface area (Å²) in [7, 11) is 0. The van der Waals surface area contributed by atoms with Gasteiger partial charge in [0.1, 0.15) is 0 Å². The smallest absolute Gasteiger partial charge is 0.0881 e. The number of aliphatic hydroxyl groups is 3. The highest BCUT2D eigenvalue weighted by Crippen LogP contribution is 2.01. The monoisotopic (exact) mass is 195 g/mol. The number of rotatable bonds is 7. The summed E-state index contributed by atoms with van der Waals surface area (Å²) in [5.41, 5.74) is -0.921. The van der Waals surface area contributed by atoms with E-state index in [1.807, 2.05) is 6.26 Å². The van der Waals surface area contributed by atoms with Crippen LogP contribution in [0.5, 0.6) is 0 Å². The van der Waals surface area contributed by atoms with Crippen molar-refractivity contribution in [2.24, 2.45) is 0 Å². The molecule has 4 nitrogen and oxygen atoms in total. The van der Waals surface area contributed by atoms with Crippen molar-refractivity contribution in [3.63, 3.8) is 0 Å². The first-order valence-electron chi connectivity index (χ1n) is 3.81. The summed E-state index contributed by atoms with van der Waals surface area (Å²) in [6, 6.07) is 0. The molecule has 74 valence electrons. The molecule has 0 aromatic heterocycles. The van der Waals surface area contributed by atoms with E-state index in [2.05, 4.69) is 5.32 Å². The maximum atomic E-state index is 8.89. The van der Waals surface area contributed by atoms with E-state index in [0.29, 0.717) is 6.54 Å². The number of aliphatic hydroxyl groups excluding tert-OH is 3. The predicted molar refractivity (Wildman–Crippen MR) is 50.4 cm³/mol. The van der Waals surface area contributed by atoms with Crippen molar-refractivity contribution in [3.05, 3.63) is 0 Å². The second-order valence-corrected chi connectivity index (χ2v) is 3.66. The van der Waals surface area contributed by atoms with Crippen LogP contribution in [0.2, 0.25) is 0 Å². The molecule has 0 saturated carbocycles. The molecule has 4 N–H and O–H groups in total. The third-order valence-electron chi connectivity index (χ3n) is 1.71. The topological polar surface area (TPSA) is 72.7 Å². The van der Waals surface area contributed by atoms with Gasteiger partial charge in [-0.3, -0.25) is 0 Å². The first-order chi connectivity index (χ1) is 5.74. The zero-order valence-corrected chi connectivity index (χ0v) is 8.10. The molecule has 0 aliphatic rings. The first-order valence-corrected chi connectivity index (χ1v) is 5.20. The number of nitrogens with one attached hydrogen (secondary N) is 1. The quantitative estimate of drug-likeness (QED) is 0.378. The Hall–Kier alpha value is 0.190. The fourth-order valence-corrected chi connectivity index (χ4v) is 1.04. The molecule has 0 aliphatic carbocycles. The molecule has 0 saturated heterocycles. The molecule has 0 amide bonds. The molecule has 0 rings (SSSR count). The summed E-state index contributed by atoms with van der Waals surface area (Å²) >= 11 is 1.67. The Balaban J connectivity index is 3.76. The molecule has 0 fully saturated rings. The molecule has 0 bridgehead atoms. The van der Waals surface area contributed by atoms with Crippen LogP contribution in [0.4, 0.5) is 0 Å². The van der Waals surface area contributed by atoms with Gasteiger partial charge in [0.05, 0.1) is 25.4 Å². The first kappa shape index (κ1) is 12.2. The Morgan fingerprint density at radius 3 is 2.00 bits per heavy atom. The van der Waals surface area contributed by atoms with Crippen LogP contribution in [0.15, 0.2) is 0 Å². The van der Waals surface area contributed by atoms with Gasteiger partial charge in [-0.15, -0.1) is 0 Å². The van der Waals surface area contributed by atoms with Crippen molar-refractivity contribution in [2.75, 3.05) is 38.4 Å². The van der Waals surface area contributed by atoms with E-state index in [1.54, 1.807) is 11.8 Å². The molecule has 0 spiro atoms. The molecule has 5 heteroatoms. The molecule has 0 aliphatic heterocycles. The fourth-order valence-electron chi connectivity index (χ4n) is 0.736. The van der Waals surface area contributed by atoms with Gasteiger partial charge in [0.15, 0.2) is 0 Å². The maximum absolute atomic E-state index is 8.89. The zero-order chi connectivity index (χ0) is 9.45. The average molecular weight is 195 g/mol. The highest BCUT2D eigenvalue weighted by Gasteiger charge is 2.26. The summed E-state index contributed by atoms with van der Waals surface area (Å²) < 4.78 is 0. The van der Waals surface area contributed by atoms with Crippen LogP contribution in [-0.4, -0.2) is 59.2 Å². The van der Waals surface area contributed by atoms with E-state index in [1.165, 1.54) is 0 Å². The van der Waals surface area contributed by atoms with Gasteiger partial charge in [-0.1, -0.05) is 0 Å². The van der Waals surface area contributed by atoms with Gasteiger partial charge in [0, 0.05) is 12.3 Å². The average Bonchev–Trinajstić information content (AvgIpc) is 2.14. The van der Waals surface area contributed by atoms with Gasteiger partial charge in [-0.2, -0.15) is 11.8 Å². The fraction of sp³-hybridized carbons (Fsp3) is 1.00. The summed E-state index contributed by atoms with van der Waals surface area (Å²) in [4.78, 5) is 0. The minimum atomic E-state index is -0.921. The third kappa shape index (κ3) is 3.73. The lowest BCUT2D eigenvalue weighted by molar-refractivity contribution is 0.0441. The van der Waals surface area contributed by atoms with Gasteiger partial charge >= 0.3 is 0 Å². The second kappa shape index (κ2) is 6.68. The van der Waals surface area contributed by atoms with E-state index >= 15 is 0 Å². The second-order valence-electron chi connectivity index (χ2n) is 2.67. The SMILES string of the molecule is CSCCNC(CO)(CO)CO. The van der Waals surface area contributed by atoms with Gasteiger partial charge in [0.2, 0.25) is 0 Å². The summed E-state index contributed by atoms with van der Waals surface area (Å²) in [6.45, 7) is -0.0972.